The third-order valence-electron chi connectivity index (χ3n) is 2.71. The van der Waals surface area contributed by atoms with Crippen LogP contribution in [0.5, 0.6) is 0 Å². The summed E-state index contributed by atoms with van der Waals surface area (Å²) in [5.41, 5.74) is 0. The minimum atomic E-state index is 0.411. The van der Waals surface area contributed by atoms with Crippen LogP contribution in [-0.4, -0.2) is 11.7 Å². The third kappa shape index (κ3) is 2.82. The second-order valence-corrected chi connectivity index (χ2v) is 4.36. The van der Waals surface area contributed by atoms with E-state index < -0.39 is 0 Å². The van der Waals surface area contributed by atoms with Crippen molar-refractivity contribution in [2.24, 2.45) is 17.8 Å². The molecule has 1 aliphatic rings. The highest BCUT2D eigenvalue weighted by molar-refractivity contribution is 4.75. The monoisotopic (exact) mass is 156 g/mol. The normalized spacial score (nSPS) is 31.6. The molecule has 0 bridgehead atoms. The molecule has 1 saturated carbocycles. The second kappa shape index (κ2) is 4.10. The summed E-state index contributed by atoms with van der Waals surface area (Å²) < 4.78 is 0. The van der Waals surface area contributed by atoms with Crippen LogP contribution in [0.3, 0.4) is 0 Å². The van der Waals surface area contributed by atoms with Gasteiger partial charge in [-0.1, -0.05) is 20.3 Å². The van der Waals surface area contributed by atoms with Crippen LogP contribution in [0, 0.1) is 17.8 Å². The minimum Gasteiger partial charge on any atom is -0.396 e. The van der Waals surface area contributed by atoms with Gasteiger partial charge in [-0.15, -0.1) is 0 Å². The Labute approximate surface area is 69.8 Å². The van der Waals surface area contributed by atoms with E-state index in [0.29, 0.717) is 12.5 Å². The maximum atomic E-state index is 8.92. The maximum absolute atomic E-state index is 8.92. The highest BCUT2D eigenvalue weighted by atomic mass is 16.3. The van der Waals surface area contributed by atoms with E-state index in [1.807, 2.05) is 0 Å². The van der Waals surface area contributed by atoms with Crippen molar-refractivity contribution < 1.29 is 5.11 Å². The summed E-state index contributed by atoms with van der Waals surface area (Å²) in [5, 5.41) is 8.92. The van der Waals surface area contributed by atoms with Gasteiger partial charge in [0, 0.05) is 6.61 Å². The Morgan fingerprint density at radius 2 is 1.91 bits per heavy atom. The molecule has 1 aliphatic carbocycles. The Morgan fingerprint density at radius 1 is 1.27 bits per heavy atom. The minimum absolute atomic E-state index is 0.411. The molecule has 0 amide bonds. The van der Waals surface area contributed by atoms with Crippen molar-refractivity contribution in [1.82, 2.24) is 0 Å². The van der Waals surface area contributed by atoms with Crippen LogP contribution in [0.15, 0.2) is 0 Å². The van der Waals surface area contributed by atoms with Gasteiger partial charge in [-0.3, -0.25) is 0 Å². The molecule has 0 saturated heterocycles. The summed E-state index contributed by atoms with van der Waals surface area (Å²) in [6.07, 6.45) is 5.24. The summed E-state index contributed by atoms with van der Waals surface area (Å²) in [6.45, 7) is 4.98. The van der Waals surface area contributed by atoms with E-state index in [-0.39, 0.29) is 0 Å². The van der Waals surface area contributed by atoms with Crippen LogP contribution >= 0.6 is 0 Å². The van der Waals surface area contributed by atoms with Crippen molar-refractivity contribution in [2.75, 3.05) is 6.61 Å². The lowest BCUT2D eigenvalue weighted by Gasteiger charge is -2.11. The van der Waals surface area contributed by atoms with E-state index in [1.54, 1.807) is 0 Å². The number of aliphatic hydroxyl groups is 1. The highest BCUT2D eigenvalue weighted by Crippen LogP contribution is 2.34. The van der Waals surface area contributed by atoms with E-state index >= 15 is 0 Å². The van der Waals surface area contributed by atoms with Gasteiger partial charge in [0.1, 0.15) is 0 Å². The average Bonchev–Trinajstić information content (AvgIpc) is 2.34. The second-order valence-electron chi connectivity index (χ2n) is 4.36. The zero-order chi connectivity index (χ0) is 8.27. The Kier molecular flexibility index (Phi) is 3.38. The molecule has 1 N–H and O–H groups in total. The van der Waals surface area contributed by atoms with Gasteiger partial charge in [0.2, 0.25) is 0 Å². The maximum Gasteiger partial charge on any atom is 0.0459 e. The molecule has 0 heterocycles. The van der Waals surface area contributed by atoms with E-state index in [1.165, 1.54) is 25.7 Å². The Hall–Kier alpha value is -0.0400. The van der Waals surface area contributed by atoms with Gasteiger partial charge in [0.25, 0.3) is 0 Å². The van der Waals surface area contributed by atoms with Crippen molar-refractivity contribution in [3.63, 3.8) is 0 Å². The largest absolute Gasteiger partial charge is 0.396 e. The molecule has 0 aromatic heterocycles. The first kappa shape index (κ1) is 9.05. The molecule has 1 rings (SSSR count). The quantitative estimate of drug-likeness (QED) is 0.665. The predicted octanol–water partition coefficient (Wildman–Crippen LogP) is 2.44. The van der Waals surface area contributed by atoms with Gasteiger partial charge in [0.05, 0.1) is 0 Å². The fourth-order valence-corrected chi connectivity index (χ4v) is 2.23. The number of rotatable bonds is 3. The Morgan fingerprint density at radius 3 is 2.36 bits per heavy atom. The van der Waals surface area contributed by atoms with Crippen molar-refractivity contribution in [2.45, 2.75) is 39.5 Å². The van der Waals surface area contributed by atoms with E-state index in [0.717, 1.165) is 11.8 Å². The first-order valence-corrected chi connectivity index (χ1v) is 4.83. The standard InChI is InChI=1S/C10H20O/c1-8(2)5-9-3-4-10(6-9)7-11/h8-11H,3-7H2,1-2H3. The van der Waals surface area contributed by atoms with Crippen molar-refractivity contribution in [3.05, 3.63) is 0 Å². The van der Waals surface area contributed by atoms with E-state index in [2.05, 4.69) is 13.8 Å². The average molecular weight is 156 g/mol. The lowest BCUT2D eigenvalue weighted by Crippen LogP contribution is -2.03. The fraction of sp³-hybridized carbons (Fsp3) is 1.00. The molecule has 1 nitrogen and oxygen atoms in total. The summed E-state index contributed by atoms with van der Waals surface area (Å²) in [5.74, 6) is 2.36. The van der Waals surface area contributed by atoms with Gasteiger partial charge >= 0.3 is 0 Å². The molecular weight excluding hydrogens is 136 g/mol. The summed E-state index contributed by atoms with van der Waals surface area (Å²) >= 11 is 0. The third-order valence-corrected chi connectivity index (χ3v) is 2.71. The summed E-state index contributed by atoms with van der Waals surface area (Å²) in [7, 11) is 0. The van der Waals surface area contributed by atoms with Crippen molar-refractivity contribution in [3.8, 4) is 0 Å². The molecule has 0 aliphatic heterocycles. The lowest BCUT2D eigenvalue weighted by molar-refractivity contribution is 0.224. The van der Waals surface area contributed by atoms with Gasteiger partial charge in [-0.25, -0.2) is 0 Å². The van der Waals surface area contributed by atoms with Crippen LogP contribution in [-0.2, 0) is 0 Å². The summed E-state index contributed by atoms with van der Waals surface area (Å²) in [6, 6.07) is 0. The number of hydrogen-bond donors (Lipinski definition) is 1. The van der Waals surface area contributed by atoms with E-state index in [9.17, 15) is 0 Å². The fourth-order valence-electron chi connectivity index (χ4n) is 2.23. The van der Waals surface area contributed by atoms with Crippen LogP contribution in [0.4, 0.5) is 0 Å². The predicted molar refractivity (Wildman–Crippen MR) is 47.4 cm³/mol. The zero-order valence-corrected chi connectivity index (χ0v) is 7.71. The topological polar surface area (TPSA) is 20.2 Å². The summed E-state index contributed by atoms with van der Waals surface area (Å²) in [4.78, 5) is 0. The van der Waals surface area contributed by atoms with Crippen LogP contribution in [0.1, 0.15) is 39.5 Å². The van der Waals surface area contributed by atoms with Crippen LogP contribution in [0.25, 0.3) is 0 Å². The van der Waals surface area contributed by atoms with Crippen LogP contribution < -0.4 is 0 Å². The molecule has 1 heteroatoms. The Bertz CT molecular complexity index is 109. The smallest absolute Gasteiger partial charge is 0.0459 e. The number of aliphatic hydroxyl groups excluding tert-OH is 1. The molecule has 0 radical (unpaired) electrons. The van der Waals surface area contributed by atoms with Gasteiger partial charge in [0.15, 0.2) is 0 Å². The molecular formula is C10H20O. The SMILES string of the molecule is CC(C)CC1CCC(CO)C1. The molecule has 66 valence electrons. The molecule has 1 fully saturated rings. The van der Waals surface area contributed by atoms with Gasteiger partial charge < -0.3 is 5.11 Å². The van der Waals surface area contributed by atoms with Crippen LogP contribution in [0.2, 0.25) is 0 Å². The van der Waals surface area contributed by atoms with Gasteiger partial charge in [-0.2, -0.15) is 0 Å². The molecule has 11 heavy (non-hydrogen) atoms. The Balaban J connectivity index is 2.19. The van der Waals surface area contributed by atoms with Gasteiger partial charge in [-0.05, 0) is 37.0 Å². The molecule has 0 spiro atoms. The zero-order valence-electron chi connectivity index (χ0n) is 7.71. The first-order valence-electron chi connectivity index (χ1n) is 4.83. The van der Waals surface area contributed by atoms with E-state index in [4.69, 9.17) is 5.11 Å². The lowest BCUT2D eigenvalue weighted by atomic mass is 9.95. The number of hydrogen-bond acceptors (Lipinski definition) is 1. The van der Waals surface area contributed by atoms with Crippen molar-refractivity contribution in [1.29, 1.82) is 0 Å². The molecule has 0 aromatic rings. The highest BCUT2D eigenvalue weighted by Gasteiger charge is 2.24. The molecule has 0 aromatic carbocycles. The first-order chi connectivity index (χ1) is 5.22. The molecule has 2 unspecified atom stereocenters. The van der Waals surface area contributed by atoms with Crippen molar-refractivity contribution >= 4 is 0 Å². The molecule has 2 atom stereocenters.